The highest BCUT2D eigenvalue weighted by atomic mass is 35.5. The first-order chi connectivity index (χ1) is 20.7. The molecule has 0 spiro atoms. The monoisotopic (exact) mass is 632 g/mol. The third kappa shape index (κ3) is 7.94. The number of ether oxygens (including phenoxy) is 2. The number of pyridine rings is 1. The Labute approximate surface area is 258 Å². The predicted molar refractivity (Wildman–Crippen MR) is 160 cm³/mol. The molecule has 2 aliphatic rings. The average Bonchev–Trinajstić information content (AvgIpc) is 3.62. The molecule has 2 saturated heterocycles. The topological polar surface area (TPSA) is 122 Å². The van der Waals surface area contributed by atoms with E-state index in [1.807, 2.05) is 36.5 Å². The van der Waals surface area contributed by atoms with Gasteiger partial charge in [0.05, 0.1) is 23.9 Å². The number of aliphatic hydroxyl groups is 1. The molecule has 236 valence electrons. The molecule has 3 aromatic rings. The first kappa shape index (κ1) is 31.5. The van der Waals surface area contributed by atoms with Gasteiger partial charge in [-0.1, -0.05) is 0 Å². The van der Waals surface area contributed by atoms with E-state index in [2.05, 4.69) is 20.1 Å². The molecule has 2 fully saturated rings. The molecular formula is C30H35ClF2N6O5. The third-order valence-corrected chi connectivity index (χ3v) is 7.42. The zero-order valence-corrected chi connectivity index (χ0v) is 25.4. The number of carbonyl (C=O) groups excluding carboxylic acids is 2. The summed E-state index contributed by atoms with van der Waals surface area (Å²) in [7, 11) is 0. The first-order valence-electron chi connectivity index (χ1n) is 14.4. The zero-order chi connectivity index (χ0) is 31.6. The van der Waals surface area contributed by atoms with Crippen molar-refractivity contribution in [1.82, 2.24) is 19.7 Å². The molecule has 44 heavy (non-hydrogen) atoms. The van der Waals surface area contributed by atoms with E-state index in [4.69, 9.17) is 16.3 Å². The Balaban J connectivity index is 1.33. The molecule has 0 radical (unpaired) electrons. The molecule has 2 N–H and O–H groups in total. The van der Waals surface area contributed by atoms with Gasteiger partial charge in [0.2, 0.25) is 0 Å². The summed E-state index contributed by atoms with van der Waals surface area (Å²) in [5.74, 6) is 0.0162. The minimum absolute atomic E-state index is 0.0737. The summed E-state index contributed by atoms with van der Waals surface area (Å²) in [6, 6.07) is 7.17. The molecule has 14 heteroatoms. The van der Waals surface area contributed by atoms with Crippen LogP contribution in [-0.4, -0.2) is 80.2 Å². The predicted octanol–water partition coefficient (Wildman–Crippen LogP) is 5.51. The summed E-state index contributed by atoms with van der Waals surface area (Å²) < 4.78 is 37.5. The smallest absolute Gasteiger partial charge is 0.444 e. The number of piperidine rings is 1. The highest BCUT2D eigenvalue weighted by molar-refractivity contribution is 6.20. The molecular weight excluding hydrogens is 598 g/mol. The van der Waals surface area contributed by atoms with Crippen molar-refractivity contribution < 1.29 is 33.0 Å². The SMILES string of the molecule is CC(C)(C)OC(=O)N1CCC(n2cc(-c3cc(C(=O)Nc4ccc(OC(F)(F)Cl)cc4)cnc3N3CC[C@@H](O)C3)cn2)CC1. The molecule has 0 unspecified atom stereocenters. The number of hydrogen-bond acceptors (Lipinski definition) is 8. The number of alkyl halides is 3. The van der Waals surface area contributed by atoms with Crippen molar-refractivity contribution >= 4 is 35.1 Å². The maximum Gasteiger partial charge on any atom is 0.487 e. The van der Waals surface area contributed by atoms with Gasteiger partial charge in [-0.05, 0) is 70.4 Å². The molecule has 0 saturated carbocycles. The summed E-state index contributed by atoms with van der Waals surface area (Å²) in [5.41, 5.74) is -2.34. The molecule has 0 bridgehead atoms. The van der Waals surface area contributed by atoms with Crippen LogP contribution < -0.4 is 15.0 Å². The maximum atomic E-state index is 13.2. The number of amides is 2. The number of aliphatic hydroxyl groups excluding tert-OH is 1. The van der Waals surface area contributed by atoms with E-state index in [1.54, 1.807) is 17.2 Å². The minimum atomic E-state index is -3.84. The molecule has 4 heterocycles. The van der Waals surface area contributed by atoms with Gasteiger partial charge in [-0.15, -0.1) is 8.78 Å². The number of likely N-dealkylation sites (tertiary alicyclic amines) is 1. The van der Waals surface area contributed by atoms with Gasteiger partial charge >= 0.3 is 11.7 Å². The highest BCUT2D eigenvalue weighted by Gasteiger charge is 2.30. The van der Waals surface area contributed by atoms with Gasteiger partial charge in [-0.2, -0.15) is 5.10 Å². The number of aromatic nitrogens is 3. The Bertz CT molecular complexity index is 1480. The standard InChI is InChI=1S/C30H35ClF2N6O5/c1-29(2,3)44-28(42)37-11-8-22(9-12-37)39-17-20(16-35-39)25-14-19(15-34-26(25)38-13-10-23(40)18-38)27(41)36-21-4-6-24(7-5-21)43-30(31,32)33/h4-7,14-17,22-23,40H,8-13,18H2,1-3H3,(H,36,41)/t23-/m1/s1. The van der Waals surface area contributed by atoms with E-state index in [0.29, 0.717) is 62.5 Å². The Morgan fingerprint density at radius 1 is 1.07 bits per heavy atom. The number of halogens is 3. The summed E-state index contributed by atoms with van der Waals surface area (Å²) in [5, 5.41) is 17.5. The normalized spacial score (nSPS) is 17.9. The number of nitrogens with one attached hydrogen (secondary N) is 1. The Morgan fingerprint density at radius 2 is 1.77 bits per heavy atom. The number of anilines is 2. The van der Waals surface area contributed by atoms with Crippen molar-refractivity contribution in [3.63, 3.8) is 0 Å². The Hall–Kier alpha value is -3.97. The number of β-amino-alcohol motifs (C(OH)–C–C–N with tert-alkyl or cyclic N) is 1. The Morgan fingerprint density at radius 3 is 2.39 bits per heavy atom. The fraction of sp³-hybridized carbons (Fsp3) is 0.467. The van der Waals surface area contributed by atoms with Gasteiger partial charge in [0.25, 0.3) is 5.91 Å². The molecule has 1 atom stereocenters. The minimum Gasteiger partial charge on any atom is -0.444 e. The lowest BCUT2D eigenvalue weighted by Crippen LogP contribution is -2.42. The van der Waals surface area contributed by atoms with E-state index in [0.717, 1.165) is 5.56 Å². The van der Waals surface area contributed by atoms with Crippen molar-refractivity contribution in [2.24, 2.45) is 0 Å². The van der Waals surface area contributed by atoms with Gasteiger partial charge in [-0.3, -0.25) is 9.48 Å². The van der Waals surface area contributed by atoms with Crippen LogP contribution in [0.2, 0.25) is 0 Å². The summed E-state index contributed by atoms with van der Waals surface area (Å²) in [4.78, 5) is 34.0. The van der Waals surface area contributed by atoms with Gasteiger partial charge in [0.1, 0.15) is 17.2 Å². The van der Waals surface area contributed by atoms with Crippen LogP contribution in [0.25, 0.3) is 11.1 Å². The summed E-state index contributed by atoms with van der Waals surface area (Å²) in [6.45, 7) is 7.65. The van der Waals surface area contributed by atoms with Crippen molar-refractivity contribution in [1.29, 1.82) is 0 Å². The van der Waals surface area contributed by atoms with Crippen molar-refractivity contribution in [3.8, 4) is 16.9 Å². The van der Waals surface area contributed by atoms with Crippen LogP contribution >= 0.6 is 11.6 Å². The Kier molecular flexibility index (Phi) is 8.98. The van der Waals surface area contributed by atoms with Gasteiger partial charge < -0.3 is 29.7 Å². The third-order valence-electron chi connectivity index (χ3n) is 7.34. The molecule has 11 nitrogen and oxygen atoms in total. The fourth-order valence-corrected chi connectivity index (χ4v) is 5.33. The molecule has 1 aromatic carbocycles. The first-order valence-corrected chi connectivity index (χ1v) is 14.7. The van der Waals surface area contributed by atoms with Crippen LogP contribution in [0.3, 0.4) is 0 Å². The second kappa shape index (κ2) is 12.6. The largest absolute Gasteiger partial charge is 0.487 e. The van der Waals surface area contributed by atoms with Crippen LogP contribution in [0, 0.1) is 0 Å². The average molecular weight is 633 g/mol. The van der Waals surface area contributed by atoms with Crippen LogP contribution in [0.1, 0.15) is 56.4 Å². The molecule has 5 rings (SSSR count). The number of nitrogens with zero attached hydrogens (tertiary/aromatic N) is 5. The number of carbonyl (C=O) groups is 2. The number of hydrogen-bond donors (Lipinski definition) is 2. The fourth-order valence-electron chi connectivity index (χ4n) is 5.24. The van der Waals surface area contributed by atoms with Crippen LogP contribution in [-0.2, 0) is 4.74 Å². The van der Waals surface area contributed by atoms with Gasteiger partial charge in [0.15, 0.2) is 0 Å². The number of benzene rings is 1. The molecule has 2 amide bonds. The van der Waals surface area contributed by atoms with E-state index >= 15 is 0 Å². The van der Waals surface area contributed by atoms with Gasteiger partial charge in [-0.25, -0.2) is 9.78 Å². The lowest BCUT2D eigenvalue weighted by atomic mass is 10.0. The maximum absolute atomic E-state index is 13.2. The van der Waals surface area contributed by atoms with E-state index in [9.17, 15) is 23.5 Å². The number of rotatable bonds is 7. The van der Waals surface area contributed by atoms with Crippen molar-refractivity contribution in [2.75, 3.05) is 36.4 Å². The lowest BCUT2D eigenvalue weighted by Gasteiger charge is -2.33. The van der Waals surface area contributed by atoms with Gasteiger partial charge in [0, 0.05) is 67.0 Å². The second-order valence-electron chi connectivity index (χ2n) is 11.9. The van der Waals surface area contributed by atoms with E-state index in [-0.39, 0.29) is 23.4 Å². The van der Waals surface area contributed by atoms with E-state index < -0.39 is 23.2 Å². The van der Waals surface area contributed by atoms with Crippen molar-refractivity contribution in [3.05, 3.63) is 54.5 Å². The van der Waals surface area contributed by atoms with Crippen LogP contribution in [0.15, 0.2) is 48.9 Å². The molecule has 2 aromatic heterocycles. The highest BCUT2D eigenvalue weighted by Crippen LogP contribution is 2.34. The van der Waals surface area contributed by atoms with Crippen LogP contribution in [0.5, 0.6) is 5.75 Å². The van der Waals surface area contributed by atoms with Crippen molar-refractivity contribution in [2.45, 2.75) is 63.3 Å². The zero-order valence-electron chi connectivity index (χ0n) is 24.7. The van der Waals surface area contributed by atoms with Crippen LogP contribution in [0.4, 0.5) is 25.1 Å². The molecule has 0 aliphatic carbocycles. The lowest BCUT2D eigenvalue weighted by molar-refractivity contribution is -0.0964. The summed E-state index contributed by atoms with van der Waals surface area (Å²) in [6.07, 6.45) is 6.31. The molecule has 2 aliphatic heterocycles. The van der Waals surface area contributed by atoms with E-state index in [1.165, 1.54) is 30.5 Å². The quantitative estimate of drug-likeness (QED) is 0.327. The second-order valence-corrected chi connectivity index (χ2v) is 12.4. The summed E-state index contributed by atoms with van der Waals surface area (Å²) >= 11 is 4.81.